The topological polar surface area (TPSA) is 33.1 Å². The quantitative estimate of drug-likeness (QED) is 0.925. The highest BCUT2D eigenvalue weighted by atomic mass is 79.9. The Morgan fingerprint density at radius 1 is 1.40 bits per heavy atom. The first kappa shape index (κ1) is 12.4. The van der Waals surface area contributed by atoms with Crippen LogP contribution >= 0.6 is 15.9 Å². The van der Waals surface area contributed by atoms with Crippen LogP contribution in [0.2, 0.25) is 0 Å². The van der Waals surface area contributed by atoms with E-state index < -0.39 is 18.7 Å². The van der Waals surface area contributed by atoms with Crippen LogP contribution in [0.25, 0.3) is 0 Å². The molecule has 0 fully saturated rings. The fourth-order valence-electron chi connectivity index (χ4n) is 1.18. The largest absolute Gasteiger partial charge is 0.392 e. The molecule has 0 saturated heterocycles. The van der Waals surface area contributed by atoms with Gasteiger partial charge in [0.05, 0.1) is 12.5 Å². The Labute approximate surface area is 93.3 Å². The molecule has 1 N–H and O–H groups in total. The summed E-state index contributed by atoms with van der Waals surface area (Å²) in [5.74, 6) is 0. The van der Waals surface area contributed by atoms with E-state index >= 15 is 0 Å². The maximum absolute atomic E-state index is 11.9. The van der Waals surface area contributed by atoms with Gasteiger partial charge in [-0.1, -0.05) is 0 Å². The highest BCUT2D eigenvalue weighted by Gasteiger charge is 2.30. The molecule has 0 radical (unpaired) electrons. The maximum Gasteiger partial charge on any atom is 0.391 e. The number of hydrogen-bond acceptors (Lipinski definition) is 2. The molecule has 0 aliphatic heterocycles. The number of rotatable bonds is 3. The molecule has 0 amide bonds. The van der Waals surface area contributed by atoms with E-state index in [0.29, 0.717) is 10.0 Å². The summed E-state index contributed by atoms with van der Waals surface area (Å²) >= 11 is 3.15. The zero-order valence-electron chi connectivity index (χ0n) is 7.63. The summed E-state index contributed by atoms with van der Waals surface area (Å²) in [5, 5.41) is 9.17. The Bertz CT molecular complexity index is 329. The van der Waals surface area contributed by atoms with E-state index in [-0.39, 0.29) is 6.42 Å². The minimum absolute atomic E-state index is 0.0497. The molecule has 1 aromatic heterocycles. The van der Waals surface area contributed by atoms with Crippen molar-refractivity contribution in [3.63, 3.8) is 0 Å². The van der Waals surface area contributed by atoms with Gasteiger partial charge in [0, 0.05) is 23.3 Å². The van der Waals surface area contributed by atoms with Gasteiger partial charge >= 0.3 is 6.18 Å². The van der Waals surface area contributed by atoms with Gasteiger partial charge in [0.2, 0.25) is 0 Å². The van der Waals surface area contributed by atoms with Gasteiger partial charge in [0.1, 0.15) is 0 Å². The zero-order chi connectivity index (χ0) is 11.5. The number of pyridine rings is 1. The van der Waals surface area contributed by atoms with Crippen LogP contribution in [0.3, 0.4) is 0 Å². The van der Waals surface area contributed by atoms with Gasteiger partial charge in [-0.2, -0.15) is 13.2 Å². The van der Waals surface area contributed by atoms with Crippen LogP contribution in [0.1, 0.15) is 12.0 Å². The number of aliphatic hydroxyl groups is 1. The van der Waals surface area contributed by atoms with E-state index in [1.165, 1.54) is 12.4 Å². The standard InChI is InChI=1S/C9H9BrF3NO/c10-7-1-6(4-14-5-7)2-8(15)3-9(11,12)13/h1,4-5,8,15H,2-3H2. The SMILES string of the molecule is OC(Cc1cncc(Br)c1)CC(F)(F)F. The highest BCUT2D eigenvalue weighted by molar-refractivity contribution is 9.10. The fourth-order valence-corrected chi connectivity index (χ4v) is 1.59. The minimum Gasteiger partial charge on any atom is -0.392 e. The zero-order valence-corrected chi connectivity index (χ0v) is 9.22. The van der Waals surface area contributed by atoms with Crippen molar-refractivity contribution in [2.24, 2.45) is 0 Å². The van der Waals surface area contributed by atoms with E-state index in [9.17, 15) is 13.2 Å². The molecule has 2 nitrogen and oxygen atoms in total. The summed E-state index contributed by atoms with van der Waals surface area (Å²) in [6.45, 7) is 0. The van der Waals surface area contributed by atoms with Crippen LogP contribution in [-0.2, 0) is 6.42 Å². The lowest BCUT2D eigenvalue weighted by Gasteiger charge is -2.12. The normalized spacial score (nSPS) is 13.9. The first-order chi connectivity index (χ1) is 6.87. The van der Waals surface area contributed by atoms with Crippen molar-refractivity contribution in [2.45, 2.75) is 25.1 Å². The summed E-state index contributed by atoms with van der Waals surface area (Å²) in [7, 11) is 0. The third-order valence-corrected chi connectivity index (χ3v) is 2.13. The average Bonchev–Trinajstić information content (AvgIpc) is 1.99. The molecule has 1 rings (SSSR count). The molecule has 84 valence electrons. The summed E-state index contributed by atoms with van der Waals surface area (Å²) in [5.41, 5.74) is 0.570. The van der Waals surface area contributed by atoms with Gasteiger partial charge in [-0.3, -0.25) is 4.98 Å². The van der Waals surface area contributed by atoms with Crippen molar-refractivity contribution in [2.75, 3.05) is 0 Å². The smallest absolute Gasteiger partial charge is 0.391 e. The molecule has 0 spiro atoms. The predicted molar refractivity (Wildman–Crippen MR) is 52.3 cm³/mol. The number of nitrogens with zero attached hydrogens (tertiary/aromatic N) is 1. The first-order valence-electron chi connectivity index (χ1n) is 4.21. The molecule has 0 saturated carbocycles. The minimum atomic E-state index is -4.33. The summed E-state index contributed by atoms with van der Waals surface area (Å²) in [6, 6.07) is 1.63. The van der Waals surface area contributed by atoms with Crippen LogP contribution in [-0.4, -0.2) is 22.4 Å². The van der Waals surface area contributed by atoms with Gasteiger partial charge in [-0.05, 0) is 27.6 Å². The van der Waals surface area contributed by atoms with Crippen LogP contribution in [0.4, 0.5) is 13.2 Å². The van der Waals surface area contributed by atoms with Crippen molar-refractivity contribution in [3.8, 4) is 0 Å². The molecular weight excluding hydrogens is 275 g/mol. The van der Waals surface area contributed by atoms with Gasteiger partial charge in [0.25, 0.3) is 0 Å². The van der Waals surface area contributed by atoms with Crippen molar-refractivity contribution < 1.29 is 18.3 Å². The number of aromatic nitrogens is 1. The lowest BCUT2D eigenvalue weighted by Crippen LogP contribution is -2.21. The van der Waals surface area contributed by atoms with Gasteiger partial charge < -0.3 is 5.11 Å². The van der Waals surface area contributed by atoms with Crippen molar-refractivity contribution in [1.82, 2.24) is 4.98 Å². The molecule has 0 aliphatic rings. The summed E-state index contributed by atoms with van der Waals surface area (Å²) in [4.78, 5) is 3.79. The molecule has 1 aromatic rings. The second kappa shape index (κ2) is 4.94. The van der Waals surface area contributed by atoms with Crippen LogP contribution in [0.15, 0.2) is 22.9 Å². The molecule has 6 heteroatoms. The molecule has 0 aliphatic carbocycles. The monoisotopic (exact) mass is 283 g/mol. The molecule has 1 unspecified atom stereocenters. The fraction of sp³-hybridized carbons (Fsp3) is 0.444. The Balaban J connectivity index is 2.55. The van der Waals surface area contributed by atoms with Crippen molar-refractivity contribution in [3.05, 3.63) is 28.5 Å². The predicted octanol–water partition coefficient (Wildman–Crippen LogP) is 2.70. The molecule has 0 aromatic carbocycles. The summed E-state index contributed by atoms with van der Waals surface area (Å²) in [6.07, 6.45) is -4.03. The van der Waals surface area contributed by atoms with E-state index in [4.69, 9.17) is 5.11 Å². The number of hydrogen-bond donors (Lipinski definition) is 1. The van der Waals surface area contributed by atoms with E-state index in [2.05, 4.69) is 20.9 Å². The van der Waals surface area contributed by atoms with Crippen molar-refractivity contribution in [1.29, 1.82) is 0 Å². The highest BCUT2D eigenvalue weighted by Crippen LogP contribution is 2.23. The number of alkyl halides is 3. The second-order valence-corrected chi connectivity index (χ2v) is 4.10. The van der Waals surface area contributed by atoms with Gasteiger partial charge in [0.15, 0.2) is 0 Å². The third kappa shape index (κ3) is 5.13. The molecular formula is C9H9BrF3NO. The lowest BCUT2D eigenvalue weighted by atomic mass is 10.1. The van der Waals surface area contributed by atoms with E-state index in [0.717, 1.165) is 0 Å². The number of aliphatic hydroxyl groups excluding tert-OH is 1. The Morgan fingerprint density at radius 3 is 2.60 bits per heavy atom. The Hall–Kier alpha value is -0.620. The molecule has 15 heavy (non-hydrogen) atoms. The van der Waals surface area contributed by atoms with Gasteiger partial charge in [-0.25, -0.2) is 0 Å². The van der Waals surface area contributed by atoms with E-state index in [1.807, 2.05) is 0 Å². The number of halogens is 4. The Morgan fingerprint density at radius 2 is 2.07 bits per heavy atom. The maximum atomic E-state index is 11.9. The van der Waals surface area contributed by atoms with Gasteiger partial charge in [-0.15, -0.1) is 0 Å². The lowest BCUT2D eigenvalue weighted by molar-refractivity contribution is -0.153. The molecule has 1 heterocycles. The molecule has 1 atom stereocenters. The van der Waals surface area contributed by atoms with Crippen LogP contribution in [0.5, 0.6) is 0 Å². The first-order valence-corrected chi connectivity index (χ1v) is 5.00. The molecule has 0 bridgehead atoms. The summed E-state index contributed by atoms with van der Waals surface area (Å²) < 4.78 is 36.4. The van der Waals surface area contributed by atoms with Crippen LogP contribution in [0, 0.1) is 0 Å². The van der Waals surface area contributed by atoms with Crippen molar-refractivity contribution >= 4 is 15.9 Å². The Kier molecular flexibility index (Phi) is 4.10. The third-order valence-electron chi connectivity index (χ3n) is 1.70. The second-order valence-electron chi connectivity index (χ2n) is 3.19. The van der Waals surface area contributed by atoms with E-state index in [1.54, 1.807) is 6.07 Å². The average molecular weight is 284 g/mol. The van der Waals surface area contributed by atoms with Crippen LogP contribution < -0.4 is 0 Å².